The van der Waals surface area contributed by atoms with Gasteiger partial charge in [-0.25, -0.2) is 0 Å². The molecule has 0 saturated carbocycles. The van der Waals surface area contributed by atoms with Crippen LogP contribution in [0.4, 0.5) is 0 Å². The van der Waals surface area contributed by atoms with Gasteiger partial charge in [0.05, 0.1) is 0 Å². The number of rotatable bonds is 0. The number of hydrogen-bond acceptors (Lipinski definition) is 0. The summed E-state index contributed by atoms with van der Waals surface area (Å²) < 4.78 is 1.26. The van der Waals surface area contributed by atoms with Crippen LogP contribution in [-0.4, -0.2) is 22.7 Å². The molecule has 1 aromatic heterocycles. The molecule has 1 aromatic rings. The molecule has 0 amide bonds. The fourth-order valence-electron chi connectivity index (χ4n) is 0.531. The Kier molecular flexibility index (Phi) is 1.27. The summed E-state index contributed by atoms with van der Waals surface area (Å²) in [7, 11) is 0. The summed E-state index contributed by atoms with van der Waals surface area (Å²) in [6.45, 7) is 2.09. The Morgan fingerprint density at radius 2 is 2.43 bits per heavy atom. The topological polar surface area (TPSA) is 15.8 Å². The molecule has 0 radical (unpaired) electrons. The first-order chi connectivity index (χ1) is 3.30. The van der Waals surface area contributed by atoms with Crippen molar-refractivity contribution in [2.75, 3.05) is 0 Å². The molecular weight excluding hydrogens is 81.0 g/mol. The minimum atomic E-state index is 1.26. The third-order valence-corrected chi connectivity index (χ3v) is 1.22. The first-order valence-corrected chi connectivity index (χ1v) is 2.41. The number of aromatic nitrogens is 1. The molecule has 0 atom stereocenters. The van der Waals surface area contributed by atoms with Gasteiger partial charge in [0.2, 0.25) is 0 Å². The number of hydrogen-bond donors (Lipinski definition) is 1. The predicted octanol–water partition coefficient (Wildman–Crippen LogP) is 0.117. The maximum atomic E-state index is 3.07. The number of aromatic amines is 1. The van der Waals surface area contributed by atoms with Crippen molar-refractivity contribution < 1.29 is 0 Å². The van der Waals surface area contributed by atoms with Crippen molar-refractivity contribution in [3.63, 3.8) is 0 Å². The van der Waals surface area contributed by atoms with E-state index < -0.39 is 0 Å². The molecule has 0 fully saturated rings. The molecule has 32 valence electrons. The summed E-state index contributed by atoms with van der Waals surface area (Å²) in [5.74, 6) is 0. The molecule has 7 heavy (non-hydrogen) atoms. The van der Waals surface area contributed by atoms with Crippen molar-refractivity contribution in [3.05, 3.63) is 17.8 Å². The van der Waals surface area contributed by atoms with Crippen LogP contribution in [-0.2, 0) is 0 Å². The van der Waals surface area contributed by atoms with Crippen LogP contribution in [0.3, 0.4) is 0 Å². The van der Waals surface area contributed by atoms with Gasteiger partial charge in [-0.15, -0.1) is 0 Å². The van der Waals surface area contributed by atoms with Gasteiger partial charge in [0, 0.05) is 0 Å². The van der Waals surface area contributed by atoms with Gasteiger partial charge in [0.25, 0.3) is 0 Å². The van der Waals surface area contributed by atoms with E-state index in [1.807, 2.05) is 6.20 Å². The maximum absolute atomic E-state index is 3.07. The van der Waals surface area contributed by atoms with Crippen LogP contribution in [0, 0.1) is 6.92 Å². The zero-order chi connectivity index (χ0) is 5.28. The van der Waals surface area contributed by atoms with Crippen molar-refractivity contribution in [1.82, 2.24) is 4.98 Å². The molecule has 0 bridgehead atoms. The molecule has 1 N–H and O–H groups in total. The molecule has 1 nitrogen and oxygen atoms in total. The normalized spacial score (nSPS) is 9.57. The molecule has 0 aliphatic heterocycles. The predicted molar refractivity (Wildman–Crippen MR) is 30.9 cm³/mol. The first-order valence-electron chi connectivity index (χ1n) is 2.41. The number of aryl methyl sites for hydroxylation is 1. The average Bonchev–Trinajstić information content (AvgIpc) is 1.91. The molecule has 0 aliphatic carbocycles. The zero-order valence-electron chi connectivity index (χ0n) is 4.65. The summed E-state index contributed by atoms with van der Waals surface area (Å²) in [6, 6.07) is 2.06. The molecule has 0 aromatic carbocycles. The minimum absolute atomic E-state index is 1.26. The number of nitrogens with one attached hydrogen (secondary N) is 1. The summed E-state index contributed by atoms with van der Waals surface area (Å²) in [5, 5.41) is 0. The van der Waals surface area contributed by atoms with Crippen LogP contribution in [0.15, 0.2) is 12.3 Å². The van der Waals surface area contributed by atoms with E-state index in [1.54, 1.807) is 0 Å². The molecule has 2 heteroatoms. The van der Waals surface area contributed by atoms with Gasteiger partial charge in [-0.1, -0.05) is 0 Å². The number of H-pyrrole nitrogens is 1. The summed E-state index contributed by atoms with van der Waals surface area (Å²) in [4.78, 5) is 3.07. The van der Waals surface area contributed by atoms with Crippen molar-refractivity contribution >= 4 is 22.1 Å². The molecule has 1 heterocycles. The van der Waals surface area contributed by atoms with Gasteiger partial charge >= 0.3 is 51.8 Å². The van der Waals surface area contributed by atoms with E-state index in [1.165, 1.54) is 9.93 Å². The van der Waals surface area contributed by atoms with Crippen LogP contribution in [0.5, 0.6) is 0 Å². The molecule has 0 unspecified atom stereocenters. The van der Waals surface area contributed by atoms with Crippen LogP contribution >= 0.6 is 0 Å². The first kappa shape index (κ1) is 5.02. The Bertz CT molecular complexity index is 140. The Balaban J connectivity index is 3.12. The van der Waals surface area contributed by atoms with Crippen LogP contribution in [0.1, 0.15) is 5.56 Å². The third kappa shape index (κ3) is 0.906. The second kappa shape index (κ2) is 1.77. The second-order valence-electron chi connectivity index (χ2n) is 1.79. The van der Waals surface area contributed by atoms with E-state index >= 15 is 0 Å². The van der Waals surface area contributed by atoms with Gasteiger partial charge in [0.15, 0.2) is 0 Å². The van der Waals surface area contributed by atoms with Crippen molar-refractivity contribution in [3.8, 4) is 0 Å². The molecule has 0 aliphatic rings. The average molecular weight is 87.1 g/mol. The quantitative estimate of drug-likeness (QED) is 0.432. The fourth-order valence-corrected chi connectivity index (χ4v) is 0.531. The summed E-state index contributed by atoms with van der Waals surface area (Å²) in [5.41, 5.74) is 1.33. The van der Waals surface area contributed by atoms with Crippen molar-refractivity contribution in [1.29, 1.82) is 0 Å². The van der Waals surface area contributed by atoms with Crippen LogP contribution in [0.2, 0.25) is 0 Å². The Morgan fingerprint density at radius 3 is 2.57 bits per heavy atom. The Labute approximate surface area is 52.3 Å². The molecule has 1 rings (SSSR count). The van der Waals surface area contributed by atoms with Gasteiger partial charge in [-0.05, 0) is 0 Å². The van der Waals surface area contributed by atoms with Gasteiger partial charge in [-0.2, -0.15) is 0 Å². The molecule has 0 spiro atoms. The standard InChI is InChI=1S/C5H6N.Li/c1-5-2-3-6-4-5;/h2-3,6H,1H3;. The Morgan fingerprint density at radius 1 is 1.71 bits per heavy atom. The summed E-state index contributed by atoms with van der Waals surface area (Å²) >= 11 is 2.06. The van der Waals surface area contributed by atoms with Crippen molar-refractivity contribution in [2.24, 2.45) is 0 Å². The van der Waals surface area contributed by atoms with Crippen LogP contribution in [0.25, 0.3) is 0 Å². The zero-order valence-corrected chi connectivity index (χ0v) is 4.65. The van der Waals surface area contributed by atoms with E-state index in [2.05, 4.69) is 35.7 Å². The van der Waals surface area contributed by atoms with Gasteiger partial charge in [0.1, 0.15) is 0 Å². The SMILES string of the molecule is [Li][c]1[nH]ccc1C. The second-order valence-corrected chi connectivity index (χ2v) is 1.79. The van der Waals surface area contributed by atoms with E-state index in [9.17, 15) is 0 Å². The van der Waals surface area contributed by atoms with Gasteiger partial charge < -0.3 is 0 Å². The van der Waals surface area contributed by atoms with E-state index in [0.717, 1.165) is 0 Å². The van der Waals surface area contributed by atoms with E-state index in [0.29, 0.717) is 0 Å². The fraction of sp³-hybridized carbons (Fsp3) is 0.200. The molecular formula is C5H6LiN. The van der Waals surface area contributed by atoms with E-state index in [4.69, 9.17) is 0 Å². The monoisotopic (exact) mass is 87.1 g/mol. The van der Waals surface area contributed by atoms with Gasteiger partial charge in [-0.3, -0.25) is 0 Å². The van der Waals surface area contributed by atoms with Crippen LogP contribution < -0.4 is 4.37 Å². The van der Waals surface area contributed by atoms with E-state index in [-0.39, 0.29) is 0 Å². The molecule has 0 saturated heterocycles. The third-order valence-electron chi connectivity index (χ3n) is 1.22. The van der Waals surface area contributed by atoms with Crippen molar-refractivity contribution in [2.45, 2.75) is 6.92 Å². The Hall–Kier alpha value is -0.123. The summed E-state index contributed by atoms with van der Waals surface area (Å²) in [6.07, 6.45) is 1.95.